The van der Waals surface area contributed by atoms with E-state index >= 15 is 0 Å². The maximum atomic E-state index is 13.0. The first-order valence-corrected chi connectivity index (χ1v) is 9.02. The van der Waals surface area contributed by atoms with Crippen LogP contribution in [0.25, 0.3) is 0 Å². The average molecular weight is 335 g/mol. The van der Waals surface area contributed by atoms with Gasteiger partial charge in [0.2, 0.25) is 5.91 Å². The highest BCUT2D eigenvalue weighted by atomic mass is 35.5. The molecule has 0 aliphatic carbocycles. The Hall–Kier alpha value is -1.26. The Balaban J connectivity index is 1.46. The minimum atomic E-state index is -0.0751. The lowest BCUT2D eigenvalue weighted by Crippen LogP contribution is -2.44. The van der Waals surface area contributed by atoms with Crippen LogP contribution in [0.15, 0.2) is 18.2 Å². The van der Waals surface area contributed by atoms with Gasteiger partial charge in [-0.25, -0.2) is 0 Å². The zero-order valence-electron chi connectivity index (χ0n) is 13.3. The predicted octanol–water partition coefficient (Wildman–Crippen LogP) is 2.59. The predicted molar refractivity (Wildman–Crippen MR) is 89.9 cm³/mol. The molecule has 2 saturated heterocycles. The third-order valence-electron chi connectivity index (χ3n) is 5.39. The van der Waals surface area contributed by atoms with Crippen molar-refractivity contribution in [2.45, 2.75) is 31.7 Å². The molecule has 1 aromatic carbocycles. The van der Waals surface area contributed by atoms with E-state index in [0.29, 0.717) is 17.7 Å². The Morgan fingerprint density at radius 1 is 1.22 bits per heavy atom. The fraction of sp³-hybridized carbons (Fsp3) is 0.611. The van der Waals surface area contributed by atoms with Gasteiger partial charge in [-0.1, -0.05) is 11.6 Å². The standard InChI is InChI=1S/C18H23ClN2O2/c19-15-4-5-17-13(10-15)9-14(12-23-17)18(22)21-8-2-7-20-6-1-3-16(20)11-21/h4-5,10,14,16H,1-3,6-9,11-12H2/t14-,16+/m1/s1. The summed E-state index contributed by atoms with van der Waals surface area (Å²) in [6.07, 6.45) is 4.31. The van der Waals surface area contributed by atoms with Crippen LogP contribution in [0.3, 0.4) is 0 Å². The van der Waals surface area contributed by atoms with Crippen molar-refractivity contribution in [3.63, 3.8) is 0 Å². The number of carbonyl (C=O) groups is 1. The fourth-order valence-corrected chi connectivity index (χ4v) is 4.38. The van der Waals surface area contributed by atoms with Crippen LogP contribution in [0.2, 0.25) is 5.02 Å². The molecule has 0 aromatic heterocycles. The maximum Gasteiger partial charge on any atom is 0.229 e. The summed E-state index contributed by atoms with van der Waals surface area (Å²) in [4.78, 5) is 17.6. The van der Waals surface area contributed by atoms with Gasteiger partial charge < -0.3 is 9.64 Å². The summed E-state index contributed by atoms with van der Waals surface area (Å²) in [6.45, 7) is 4.58. The Kier molecular flexibility index (Phi) is 4.20. The lowest BCUT2D eigenvalue weighted by atomic mass is 9.95. The van der Waals surface area contributed by atoms with Crippen molar-refractivity contribution in [3.05, 3.63) is 28.8 Å². The third-order valence-corrected chi connectivity index (χ3v) is 5.63. The minimum absolute atomic E-state index is 0.0751. The molecular formula is C18H23ClN2O2. The van der Waals surface area contributed by atoms with E-state index in [4.69, 9.17) is 16.3 Å². The van der Waals surface area contributed by atoms with Gasteiger partial charge in [0.1, 0.15) is 12.4 Å². The molecule has 0 N–H and O–H groups in total. The molecule has 0 saturated carbocycles. The molecule has 4 nitrogen and oxygen atoms in total. The van der Waals surface area contributed by atoms with Crippen molar-refractivity contribution in [2.75, 3.05) is 32.8 Å². The van der Waals surface area contributed by atoms with Gasteiger partial charge in [0, 0.05) is 30.7 Å². The molecule has 1 amide bonds. The summed E-state index contributed by atoms with van der Waals surface area (Å²) < 4.78 is 5.80. The largest absolute Gasteiger partial charge is 0.492 e. The molecule has 2 fully saturated rings. The first-order chi connectivity index (χ1) is 11.2. The number of nitrogens with zero attached hydrogens (tertiary/aromatic N) is 2. The zero-order chi connectivity index (χ0) is 15.8. The van der Waals surface area contributed by atoms with Crippen molar-refractivity contribution >= 4 is 17.5 Å². The number of benzene rings is 1. The van der Waals surface area contributed by atoms with E-state index in [1.54, 1.807) is 0 Å². The second kappa shape index (κ2) is 6.33. The summed E-state index contributed by atoms with van der Waals surface area (Å²) in [5.74, 6) is 1.05. The molecule has 23 heavy (non-hydrogen) atoms. The third kappa shape index (κ3) is 3.07. The van der Waals surface area contributed by atoms with Crippen LogP contribution >= 0.6 is 11.6 Å². The van der Waals surface area contributed by atoms with Crippen molar-refractivity contribution < 1.29 is 9.53 Å². The van der Waals surface area contributed by atoms with E-state index in [1.807, 2.05) is 18.2 Å². The van der Waals surface area contributed by atoms with Crippen LogP contribution in [0, 0.1) is 5.92 Å². The monoisotopic (exact) mass is 334 g/mol. The van der Waals surface area contributed by atoms with E-state index in [-0.39, 0.29) is 11.8 Å². The van der Waals surface area contributed by atoms with E-state index < -0.39 is 0 Å². The highest BCUT2D eigenvalue weighted by molar-refractivity contribution is 6.30. The number of hydrogen-bond acceptors (Lipinski definition) is 3. The summed E-state index contributed by atoms with van der Waals surface area (Å²) in [6, 6.07) is 6.23. The smallest absolute Gasteiger partial charge is 0.229 e. The fourth-order valence-electron chi connectivity index (χ4n) is 4.19. The van der Waals surface area contributed by atoms with Crippen LogP contribution in [0.5, 0.6) is 5.75 Å². The SMILES string of the molecule is O=C([C@H]1COc2ccc(Cl)cc2C1)N1CCCN2CCC[C@H]2C1. The molecule has 3 aliphatic rings. The van der Waals surface area contributed by atoms with Gasteiger partial charge in [-0.2, -0.15) is 0 Å². The van der Waals surface area contributed by atoms with Gasteiger partial charge in [-0.15, -0.1) is 0 Å². The normalized spacial score (nSPS) is 27.8. The molecule has 4 rings (SSSR count). The van der Waals surface area contributed by atoms with Gasteiger partial charge in [0.05, 0.1) is 5.92 Å². The summed E-state index contributed by atoms with van der Waals surface area (Å²) in [5.41, 5.74) is 1.06. The molecule has 3 aliphatic heterocycles. The van der Waals surface area contributed by atoms with E-state index in [1.165, 1.54) is 19.4 Å². The number of rotatable bonds is 1. The Bertz CT molecular complexity index is 607. The Labute approximate surface area is 142 Å². The Morgan fingerprint density at radius 2 is 2.09 bits per heavy atom. The van der Waals surface area contributed by atoms with Crippen molar-refractivity contribution in [1.82, 2.24) is 9.80 Å². The number of carbonyl (C=O) groups excluding carboxylic acids is 1. The number of halogens is 1. The number of ether oxygens (including phenoxy) is 1. The maximum absolute atomic E-state index is 13.0. The number of amides is 1. The molecular weight excluding hydrogens is 312 g/mol. The Morgan fingerprint density at radius 3 is 3.00 bits per heavy atom. The van der Waals surface area contributed by atoms with Gasteiger partial charge in [-0.3, -0.25) is 9.69 Å². The van der Waals surface area contributed by atoms with Gasteiger partial charge in [-0.05, 0) is 56.0 Å². The van der Waals surface area contributed by atoms with Crippen molar-refractivity contribution in [1.29, 1.82) is 0 Å². The van der Waals surface area contributed by atoms with E-state index in [9.17, 15) is 4.79 Å². The first kappa shape index (κ1) is 15.3. The molecule has 0 unspecified atom stereocenters. The van der Waals surface area contributed by atoms with Crippen LogP contribution < -0.4 is 4.74 Å². The van der Waals surface area contributed by atoms with Gasteiger partial charge in [0.25, 0.3) is 0 Å². The second-order valence-corrected chi connectivity index (χ2v) is 7.37. The molecule has 3 heterocycles. The molecule has 2 atom stereocenters. The average Bonchev–Trinajstić information content (AvgIpc) is 2.90. The number of hydrogen-bond donors (Lipinski definition) is 0. The summed E-state index contributed by atoms with van der Waals surface area (Å²) >= 11 is 6.08. The van der Waals surface area contributed by atoms with Crippen molar-refractivity contribution in [2.24, 2.45) is 5.92 Å². The van der Waals surface area contributed by atoms with E-state index in [0.717, 1.165) is 43.8 Å². The first-order valence-electron chi connectivity index (χ1n) is 8.65. The zero-order valence-corrected chi connectivity index (χ0v) is 14.1. The minimum Gasteiger partial charge on any atom is -0.492 e. The summed E-state index contributed by atoms with van der Waals surface area (Å²) in [5, 5.41) is 0.705. The lowest BCUT2D eigenvalue weighted by molar-refractivity contribution is -0.137. The molecule has 0 radical (unpaired) electrons. The van der Waals surface area contributed by atoms with Crippen LogP contribution in [0.4, 0.5) is 0 Å². The van der Waals surface area contributed by atoms with Crippen molar-refractivity contribution in [3.8, 4) is 5.75 Å². The molecule has 1 aromatic rings. The van der Waals surface area contributed by atoms with Crippen LogP contribution in [0.1, 0.15) is 24.8 Å². The second-order valence-electron chi connectivity index (χ2n) is 6.93. The summed E-state index contributed by atoms with van der Waals surface area (Å²) in [7, 11) is 0. The van der Waals surface area contributed by atoms with E-state index in [2.05, 4.69) is 9.80 Å². The molecule has 124 valence electrons. The van der Waals surface area contributed by atoms with Crippen LogP contribution in [-0.4, -0.2) is 54.5 Å². The highest BCUT2D eigenvalue weighted by Gasteiger charge is 2.34. The molecule has 5 heteroatoms. The van der Waals surface area contributed by atoms with Gasteiger partial charge in [0.15, 0.2) is 0 Å². The van der Waals surface area contributed by atoms with Crippen LogP contribution in [-0.2, 0) is 11.2 Å². The quantitative estimate of drug-likeness (QED) is 0.791. The molecule has 0 bridgehead atoms. The molecule has 0 spiro atoms. The number of fused-ring (bicyclic) bond motifs is 2. The lowest BCUT2D eigenvalue weighted by Gasteiger charge is -2.31. The van der Waals surface area contributed by atoms with Gasteiger partial charge >= 0.3 is 0 Å². The highest BCUT2D eigenvalue weighted by Crippen LogP contribution is 2.31. The topological polar surface area (TPSA) is 32.8 Å².